The zero-order valence-electron chi connectivity index (χ0n) is 16.4. The van der Waals surface area contributed by atoms with Crippen LogP contribution in [-0.4, -0.2) is 38.5 Å². The molecule has 1 N–H and O–H groups in total. The third kappa shape index (κ3) is 6.60. The highest BCUT2D eigenvalue weighted by Crippen LogP contribution is 2.26. The van der Waals surface area contributed by atoms with Crippen molar-refractivity contribution in [3.63, 3.8) is 0 Å². The minimum atomic E-state index is -0.640. The highest BCUT2D eigenvalue weighted by atomic mass is 79.9. The highest BCUT2D eigenvalue weighted by molar-refractivity contribution is 9.10. The number of methoxy groups -OCH3 is 2. The van der Waals surface area contributed by atoms with Gasteiger partial charge in [0.05, 0.1) is 31.9 Å². The molecule has 7 nitrogen and oxygen atoms in total. The molecule has 0 aliphatic rings. The molecule has 0 spiro atoms. The van der Waals surface area contributed by atoms with Gasteiger partial charge in [-0.3, -0.25) is 14.4 Å². The lowest BCUT2D eigenvalue weighted by Gasteiger charge is -2.11. The van der Waals surface area contributed by atoms with Gasteiger partial charge < -0.3 is 19.5 Å². The second kappa shape index (κ2) is 10.6. The highest BCUT2D eigenvalue weighted by Gasteiger charge is 2.16. The van der Waals surface area contributed by atoms with Crippen molar-refractivity contribution in [3.05, 3.63) is 52.0 Å². The van der Waals surface area contributed by atoms with Gasteiger partial charge in [-0.05, 0) is 42.8 Å². The number of benzene rings is 2. The lowest BCUT2D eigenvalue weighted by atomic mass is 10.1. The van der Waals surface area contributed by atoms with Gasteiger partial charge >= 0.3 is 5.97 Å². The Morgan fingerprint density at radius 1 is 0.966 bits per heavy atom. The van der Waals surface area contributed by atoms with Crippen LogP contribution >= 0.6 is 15.9 Å². The molecule has 0 saturated carbocycles. The molecule has 2 aromatic rings. The summed E-state index contributed by atoms with van der Waals surface area (Å²) < 4.78 is 16.0. The topological polar surface area (TPSA) is 90.9 Å². The van der Waals surface area contributed by atoms with Crippen LogP contribution in [-0.2, 0) is 14.3 Å². The molecule has 2 aromatic carbocycles. The summed E-state index contributed by atoms with van der Waals surface area (Å²) in [6.07, 6.45) is -0.200. The molecule has 0 bridgehead atoms. The van der Waals surface area contributed by atoms with E-state index in [2.05, 4.69) is 21.2 Å². The van der Waals surface area contributed by atoms with Crippen LogP contribution in [0.2, 0.25) is 0 Å². The number of carbonyl (C=O) groups excluding carboxylic acids is 3. The van der Waals surface area contributed by atoms with Crippen LogP contribution in [0.15, 0.2) is 40.9 Å². The molecule has 0 saturated heterocycles. The van der Waals surface area contributed by atoms with E-state index in [1.54, 1.807) is 30.3 Å². The number of hydrogen-bond acceptors (Lipinski definition) is 6. The molecule has 0 radical (unpaired) electrons. The third-order valence-electron chi connectivity index (χ3n) is 4.01. The quantitative estimate of drug-likeness (QED) is 0.447. The Kier molecular flexibility index (Phi) is 8.21. The van der Waals surface area contributed by atoms with Crippen LogP contribution in [0.25, 0.3) is 0 Å². The van der Waals surface area contributed by atoms with Gasteiger partial charge in [0.25, 0.3) is 5.91 Å². The van der Waals surface area contributed by atoms with Crippen LogP contribution in [0, 0.1) is 6.92 Å². The Bertz CT molecular complexity index is 912. The normalized spacial score (nSPS) is 10.2. The molecular formula is C21H22BrNO6. The lowest BCUT2D eigenvalue weighted by Crippen LogP contribution is -2.21. The maximum Gasteiger partial charge on any atom is 0.306 e. The van der Waals surface area contributed by atoms with Crippen molar-refractivity contribution in [3.8, 4) is 11.5 Å². The van der Waals surface area contributed by atoms with Crippen molar-refractivity contribution in [2.24, 2.45) is 0 Å². The molecule has 2 rings (SSSR count). The first-order valence-electron chi connectivity index (χ1n) is 8.81. The second-order valence-corrected chi connectivity index (χ2v) is 7.10. The van der Waals surface area contributed by atoms with Gasteiger partial charge in [-0.2, -0.15) is 0 Å². The predicted octanol–water partition coefficient (Wildman–Crippen LogP) is 3.92. The van der Waals surface area contributed by atoms with E-state index in [0.717, 1.165) is 10.0 Å². The van der Waals surface area contributed by atoms with Crippen molar-refractivity contribution < 1.29 is 28.6 Å². The maximum absolute atomic E-state index is 12.4. The van der Waals surface area contributed by atoms with Crippen LogP contribution in [0.1, 0.15) is 28.8 Å². The summed E-state index contributed by atoms with van der Waals surface area (Å²) in [5.74, 6) is -0.461. The summed E-state index contributed by atoms with van der Waals surface area (Å²) in [4.78, 5) is 36.3. The molecule has 0 fully saturated rings. The Balaban J connectivity index is 1.84. The van der Waals surface area contributed by atoms with Crippen molar-refractivity contribution in [2.45, 2.75) is 19.8 Å². The van der Waals surface area contributed by atoms with Gasteiger partial charge in [-0.1, -0.05) is 22.0 Å². The number of hydrogen-bond donors (Lipinski definition) is 1. The molecule has 0 atom stereocenters. The zero-order chi connectivity index (χ0) is 21.4. The Hall–Kier alpha value is -2.87. The van der Waals surface area contributed by atoms with Gasteiger partial charge in [0.1, 0.15) is 11.5 Å². The van der Waals surface area contributed by atoms with Crippen molar-refractivity contribution in [1.29, 1.82) is 0 Å². The molecular weight excluding hydrogens is 442 g/mol. The van der Waals surface area contributed by atoms with Crippen molar-refractivity contribution in [2.75, 3.05) is 26.1 Å². The van der Waals surface area contributed by atoms with E-state index in [1.807, 2.05) is 13.0 Å². The number of nitrogens with one attached hydrogen (secondary N) is 1. The predicted molar refractivity (Wildman–Crippen MR) is 112 cm³/mol. The summed E-state index contributed by atoms with van der Waals surface area (Å²) in [7, 11) is 2.97. The first kappa shape index (κ1) is 22.4. The van der Waals surface area contributed by atoms with Crippen LogP contribution in [0.3, 0.4) is 0 Å². The molecule has 0 aliphatic heterocycles. The third-order valence-corrected chi connectivity index (χ3v) is 4.50. The van der Waals surface area contributed by atoms with Crippen LogP contribution in [0.4, 0.5) is 5.69 Å². The molecule has 0 aliphatic carbocycles. The maximum atomic E-state index is 12.4. The fourth-order valence-corrected chi connectivity index (χ4v) is 2.93. The summed E-state index contributed by atoms with van der Waals surface area (Å²) in [6, 6.07) is 10.4. The van der Waals surface area contributed by atoms with Crippen molar-refractivity contribution >= 4 is 39.3 Å². The molecule has 0 heterocycles. The van der Waals surface area contributed by atoms with Gasteiger partial charge in [-0.15, -0.1) is 0 Å². The van der Waals surface area contributed by atoms with E-state index in [0.29, 0.717) is 22.7 Å². The smallest absolute Gasteiger partial charge is 0.306 e. The Morgan fingerprint density at radius 2 is 1.66 bits per heavy atom. The largest absolute Gasteiger partial charge is 0.496 e. The summed E-state index contributed by atoms with van der Waals surface area (Å²) in [5, 5.41) is 2.64. The summed E-state index contributed by atoms with van der Waals surface area (Å²) in [5.41, 5.74) is 1.81. The van der Waals surface area contributed by atoms with Gasteiger partial charge in [0, 0.05) is 10.9 Å². The number of ether oxygens (including phenoxy) is 3. The zero-order valence-corrected chi connectivity index (χ0v) is 18.0. The van der Waals surface area contributed by atoms with E-state index in [4.69, 9.17) is 14.2 Å². The second-order valence-electron chi connectivity index (χ2n) is 6.18. The first-order chi connectivity index (χ1) is 13.8. The lowest BCUT2D eigenvalue weighted by molar-refractivity contribution is -0.147. The fraction of sp³-hybridized carbons (Fsp3) is 0.286. The average molecular weight is 464 g/mol. The minimum absolute atomic E-state index is 0.0566. The number of halogens is 1. The number of aryl methyl sites for hydroxylation is 1. The van der Waals surface area contributed by atoms with Gasteiger partial charge in [0.2, 0.25) is 0 Å². The number of carbonyl (C=O) groups is 3. The van der Waals surface area contributed by atoms with Crippen LogP contribution < -0.4 is 14.8 Å². The standard InChI is InChI=1S/C21H22BrNO6/c1-13-4-7-19(28-3)16(10-13)23-20(25)12-29-21(26)9-6-17(24)15-11-14(22)5-8-18(15)27-2/h4-5,7-8,10-11H,6,9,12H2,1-3H3,(H,23,25). The molecule has 8 heteroatoms. The monoisotopic (exact) mass is 463 g/mol. The average Bonchev–Trinajstić information content (AvgIpc) is 2.70. The number of ketones is 1. The molecule has 0 aromatic heterocycles. The molecule has 154 valence electrons. The van der Waals surface area contributed by atoms with E-state index in [-0.39, 0.29) is 18.6 Å². The van der Waals surface area contributed by atoms with E-state index in [9.17, 15) is 14.4 Å². The number of rotatable bonds is 9. The van der Waals surface area contributed by atoms with Gasteiger partial charge in [-0.25, -0.2) is 0 Å². The van der Waals surface area contributed by atoms with E-state index < -0.39 is 18.5 Å². The van der Waals surface area contributed by atoms with Crippen LogP contribution in [0.5, 0.6) is 11.5 Å². The summed E-state index contributed by atoms with van der Waals surface area (Å²) in [6.45, 7) is 1.43. The number of Topliss-reactive ketones (excluding diaryl/α,β-unsaturated/α-hetero) is 1. The fourth-order valence-electron chi connectivity index (χ4n) is 2.57. The first-order valence-corrected chi connectivity index (χ1v) is 9.60. The molecule has 0 unspecified atom stereocenters. The number of amides is 1. The Labute approximate surface area is 177 Å². The van der Waals surface area contributed by atoms with E-state index in [1.165, 1.54) is 14.2 Å². The van der Waals surface area contributed by atoms with Crippen molar-refractivity contribution in [1.82, 2.24) is 0 Å². The van der Waals surface area contributed by atoms with E-state index >= 15 is 0 Å². The minimum Gasteiger partial charge on any atom is -0.496 e. The van der Waals surface area contributed by atoms with Gasteiger partial charge in [0.15, 0.2) is 12.4 Å². The SMILES string of the molecule is COc1ccc(C)cc1NC(=O)COC(=O)CCC(=O)c1cc(Br)ccc1OC. The molecule has 29 heavy (non-hydrogen) atoms. The Morgan fingerprint density at radius 3 is 2.34 bits per heavy atom. The number of anilines is 1. The number of esters is 1. The molecule has 1 amide bonds. The summed E-state index contributed by atoms with van der Waals surface area (Å²) >= 11 is 3.30.